The summed E-state index contributed by atoms with van der Waals surface area (Å²) in [6.07, 6.45) is 1.64. The fraction of sp³-hybridized carbons (Fsp3) is 0.250. The van der Waals surface area contributed by atoms with Crippen molar-refractivity contribution in [2.75, 3.05) is 24.2 Å². The van der Waals surface area contributed by atoms with Gasteiger partial charge < -0.3 is 10.2 Å². The van der Waals surface area contributed by atoms with Crippen molar-refractivity contribution in [3.63, 3.8) is 0 Å². The van der Waals surface area contributed by atoms with Crippen molar-refractivity contribution in [1.82, 2.24) is 9.88 Å². The quantitative estimate of drug-likeness (QED) is 0.563. The molecule has 144 valence electrons. The molecule has 2 amide bonds. The van der Waals surface area contributed by atoms with E-state index < -0.39 is 0 Å². The zero-order chi connectivity index (χ0) is 19.5. The largest absolute Gasteiger partial charge is 0.342 e. The maximum absolute atomic E-state index is 12.4. The molecular weight excluding hydrogens is 414 g/mol. The first-order valence-corrected chi connectivity index (χ1v) is 11.1. The highest BCUT2D eigenvalue weighted by Crippen LogP contribution is 2.31. The first-order valence-electron chi connectivity index (χ1n) is 8.96. The molecule has 0 radical (unpaired) electrons. The van der Waals surface area contributed by atoms with Crippen LogP contribution in [0, 0.1) is 0 Å². The van der Waals surface area contributed by atoms with Gasteiger partial charge in [0.15, 0.2) is 4.34 Å². The number of nitrogens with one attached hydrogen (secondary N) is 1. The van der Waals surface area contributed by atoms with Gasteiger partial charge in [0.05, 0.1) is 10.2 Å². The summed E-state index contributed by atoms with van der Waals surface area (Å²) in [5.41, 5.74) is 2.20. The highest BCUT2D eigenvalue weighted by atomic mass is 35.5. The summed E-state index contributed by atoms with van der Waals surface area (Å²) in [6.45, 7) is 1.64. The third kappa shape index (κ3) is 4.48. The Morgan fingerprint density at radius 2 is 2.07 bits per heavy atom. The Bertz CT molecular complexity index is 1020. The van der Waals surface area contributed by atoms with E-state index in [-0.39, 0.29) is 11.8 Å². The standard InChI is InChI=1S/C20H18ClN3O2S2/c21-14-5-3-13(4-6-14)19(26)22-15-7-8-16-17(12-15)28-20(23-16)27-11-10-24-9-1-2-18(24)25/h3-8,12H,1-2,9-11H2,(H,22,26). The predicted octanol–water partition coefficient (Wildman–Crippen LogP) is 4.92. The molecule has 1 fully saturated rings. The van der Waals surface area contributed by atoms with Gasteiger partial charge in [-0.2, -0.15) is 0 Å². The van der Waals surface area contributed by atoms with Crippen molar-refractivity contribution < 1.29 is 9.59 Å². The summed E-state index contributed by atoms with van der Waals surface area (Å²) in [5, 5.41) is 3.51. The molecule has 0 atom stereocenters. The number of carbonyl (C=O) groups excluding carboxylic acids is 2. The number of likely N-dealkylation sites (tertiary alicyclic amines) is 1. The second-order valence-corrected chi connectivity index (χ2v) is 9.27. The number of anilines is 1. The monoisotopic (exact) mass is 431 g/mol. The van der Waals surface area contributed by atoms with E-state index in [0.29, 0.717) is 17.0 Å². The Balaban J connectivity index is 1.39. The highest BCUT2D eigenvalue weighted by Gasteiger charge is 2.19. The summed E-state index contributed by atoms with van der Waals surface area (Å²) in [7, 11) is 0. The maximum Gasteiger partial charge on any atom is 0.255 e. The molecule has 5 nitrogen and oxygen atoms in total. The first-order chi connectivity index (χ1) is 13.6. The third-order valence-electron chi connectivity index (χ3n) is 4.49. The Labute approximate surface area is 176 Å². The number of halogens is 1. The van der Waals surface area contributed by atoms with E-state index in [0.717, 1.165) is 45.5 Å². The Morgan fingerprint density at radius 1 is 1.25 bits per heavy atom. The van der Waals surface area contributed by atoms with Crippen molar-refractivity contribution in [2.24, 2.45) is 0 Å². The van der Waals surface area contributed by atoms with Crippen LogP contribution in [0.5, 0.6) is 0 Å². The topological polar surface area (TPSA) is 62.3 Å². The number of aromatic nitrogens is 1. The van der Waals surface area contributed by atoms with Gasteiger partial charge in [0.1, 0.15) is 0 Å². The number of amides is 2. The second-order valence-electron chi connectivity index (χ2n) is 6.46. The summed E-state index contributed by atoms with van der Waals surface area (Å²) in [5.74, 6) is 0.919. The van der Waals surface area contributed by atoms with Crippen LogP contribution in [0.4, 0.5) is 5.69 Å². The molecule has 2 aromatic carbocycles. The molecular formula is C20H18ClN3O2S2. The van der Waals surface area contributed by atoms with Crippen LogP contribution in [0.3, 0.4) is 0 Å². The van der Waals surface area contributed by atoms with Crippen LogP contribution in [-0.2, 0) is 4.79 Å². The van der Waals surface area contributed by atoms with Crippen molar-refractivity contribution in [3.8, 4) is 0 Å². The van der Waals surface area contributed by atoms with Crippen molar-refractivity contribution in [1.29, 1.82) is 0 Å². The van der Waals surface area contributed by atoms with Gasteiger partial charge in [-0.3, -0.25) is 9.59 Å². The zero-order valence-electron chi connectivity index (χ0n) is 15.0. The van der Waals surface area contributed by atoms with E-state index in [2.05, 4.69) is 10.3 Å². The molecule has 4 rings (SSSR count). The number of hydrogen-bond acceptors (Lipinski definition) is 5. The number of carbonyl (C=O) groups is 2. The summed E-state index contributed by atoms with van der Waals surface area (Å²) in [6, 6.07) is 12.5. The molecule has 1 aliphatic heterocycles. The summed E-state index contributed by atoms with van der Waals surface area (Å²) >= 11 is 9.13. The molecule has 1 aromatic heterocycles. The summed E-state index contributed by atoms with van der Waals surface area (Å²) < 4.78 is 2.00. The van der Waals surface area contributed by atoms with E-state index in [1.807, 2.05) is 23.1 Å². The van der Waals surface area contributed by atoms with E-state index >= 15 is 0 Å². The fourth-order valence-corrected chi connectivity index (χ4v) is 5.30. The number of fused-ring (bicyclic) bond motifs is 1. The van der Waals surface area contributed by atoms with Crippen LogP contribution in [0.15, 0.2) is 46.8 Å². The Kier molecular flexibility index (Phi) is 5.85. The van der Waals surface area contributed by atoms with Gasteiger partial charge in [-0.05, 0) is 48.9 Å². The normalized spacial score (nSPS) is 14.0. The molecule has 8 heteroatoms. The van der Waals surface area contributed by atoms with Gasteiger partial charge in [0, 0.05) is 41.5 Å². The zero-order valence-corrected chi connectivity index (χ0v) is 17.4. The van der Waals surface area contributed by atoms with E-state index in [9.17, 15) is 9.59 Å². The SMILES string of the molecule is O=C(Nc1ccc2nc(SCCN3CCCC3=O)sc2c1)c1ccc(Cl)cc1. The van der Waals surface area contributed by atoms with Crippen LogP contribution in [0.25, 0.3) is 10.2 Å². The minimum atomic E-state index is -0.176. The van der Waals surface area contributed by atoms with Crippen molar-refractivity contribution in [2.45, 2.75) is 17.2 Å². The van der Waals surface area contributed by atoms with Gasteiger partial charge in [-0.15, -0.1) is 11.3 Å². The number of nitrogens with zero attached hydrogens (tertiary/aromatic N) is 2. The number of benzene rings is 2. The van der Waals surface area contributed by atoms with Crippen LogP contribution in [0.1, 0.15) is 23.2 Å². The molecule has 1 aliphatic rings. The average molecular weight is 432 g/mol. The lowest BCUT2D eigenvalue weighted by atomic mass is 10.2. The molecule has 2 heterocycles. The van der Waals surface area contributed by atoms with Gasteiger partial charge >= 0.3 is 0 Å². The number of thioether (sulfide) groups is 1. The predicted molar refractivity (Wildman–Crippen MR) is 116 cm³/mol. The molecule has 0 aliphatic carbocycles. The maximum atomic E-state index is 12.4. The van der Waals surface area contributed by atoms with Crippen molar-refractivity contribution >= 4 is 62.4 Å². The lowest BCUT2D eigenvalue weighted by molar-refractivity contribution is -0.127. The number of rotatable bonds is 6. The van der Waals surface area contributed by atoms with Gasteiger partial charge in [-0.25, -0.2) is 4.98 Å². The van der Waals surface area contributed by atoms with Gasteiger partial charge in [-0.1, -0.05) is 23.4 Å². The summed E-state index contributed by atoms with van der Waals surface area (Å²) in [4.78, 5) is 30.6. The lowest BCUT2D eigenvalue weighted by Crippen LogP contribution is -2.26. The molecule has 3 aromatic rings. The number of hydrogen-bond donors (Lipinski definition) is 1. The van der Waals surface area contributed by atoms with Crippen LogP contribution >= 0.6 is 34.7 Å². The highest BCUT2D eigenvalue weighted by molar-refractivity contribution is 8.01. The van der Waals surface area contributed by atoms with Gasteiger partial charge in [0.2, 0.25) is 5.91 Å². The van der Waals surface area contributed by atoms with Crippen LogP contribution in [-0.4, -0.2) is 40.5 Å². The molecule has 0 unspecified atom stereocenters. The minimum absolute atomic E-state index is 0.176. The molecule has 1 N–H and O–H groups in total. The molecule has 0 bridgehead atoms. The number of thiazole rings is 1. The Morgan fingerprint density at radius 3 is 2.82 bits per heavy atom. The third-order valence-corrected chi connectivity index (χ3v) is 6.88. The van der Waals surface area contributed by atoms with Crippen LogP contribution < -0.4 is 5.32 Å². The Hall–Kier alpha value is -2.09. The van der Waals surface area contributed by atoms with Crippen LogP contribution in [0.2, 0.25) is 5.02 Å². The van der Waals surface area contributed by atoms with E-state index in [1.54, 1.807) is 47.4 Å². The van der Waals surface area contributed by atoms with Gasteiger partial charge in [0.25, 0.3) is 5.91 Å². The molecule has 28 heavy (non-hydrogen) atoms. The molecule has 0 saturated carbocycles. The first kappa shape index (κ1) is 19.2. The molecule has 0 spiro atoms. The second kappa shape index (κ2) is 8.51. The fourth-order valence-electron chi connectivity index (χ4n) is 3.03. The average Bonchev–Trinajstić information content (AvgIpc) is 3.27. The molecule has 1 saturated heterocycles. The lowest BCUT2D eigenvalue weighted by Gasteiger charge is -2.13. The van der Waals surface area contributed by atoms with E-state index in [1.165, 1.54) is 0 Å². The minimum Gasteiger partial charge on any atom is -0.342 e. The van der Waals surface area contributed by atoms with E-state index in [4.69, 9.17) is 11.6 Å². The van der Waals surface area contributed by atoms with Crippen molar-refractivity contribution in [3.05, 3.63) is 53.1 Å². The smallest absolute Gasteiger partial charge is 0.255 e.